The lowest BCUT2D eigenvalue weighted by molar-refractivity contribution is -0.0000136. The standard InChI is InChI=1S/C25H17F5P.BrH/c26-22-17-16-21(23(27)24(22)28)25(29,30)31(18-10-4-1-5-11-18,19-12-6-2-7-13-19)20-14-8-3-9-15-20;/h1-17H;1H/q+1;/p-1. The Morgan fingerprint density at radius 1 is 0.500 bits per heavy atom. The Labute approximate surface area is 193 Å². The van der Waals surface area contributed by atoms with Crippen molar-refractivity contribution < 1.29 is 38.9 Å². The molecular formula is C25H17BrF5P. The second-order valence-electron chi connectivity index (χ2n) is 6.94. The summed E-state index contributed by atoms with van der Waals surface area (Å²) in [5.74, 6) is -5.30. The molecule has 4 rings (SSSR count). The van der Waals surface area contributed by atoms with E-state index in [0.29, 0.717) is 28.0 Å². The zero-order valence-corrected chi connectivity index (χ0v) is 19.0. The van der Waals surface area contributed by atoms with Crippen LogP contribution in [0.5, 0.6) is 0 Å². The highest BCUT2D eigenvalue weighted by Crippen LogP contribution is 2.72. The van der Waals surface area contributed by atoms with E-state index in [-0.39, 0.29) is 17.0 Å². The van der Waals surface area contributed by atoms with Gasteiger partial charge in [-0.15, -0.1) is 0 Å². The highest BCUT2D eigenvalue weighted by Gasteiger charge is 2.67. The zero-order valence-electron chi connectivity index (χ0n) is 16.5. The summed E-state index contributed by atoms with van der Waals surface area (Å²) in [6, 6.07) is 25.5. The molecule has 0 amide bonds. The summed E-state index contributed by atoms with van der Waals surface area (Å²) in [6.07, 6.45) is 0. The minimum atomic E-state index is -3.90. The molecule has 164 valence electrons. The summed E-state index contributed by atoms with van der Waals surface area (Å²) >= 11 is 0. The highest BCUT2D eigenvalue weighted by molar-refractivity contribution is 7.96. The molecule has 0 unspecified atom stereocenters. The van der Waals surface area contributed by atoms with E-state index in [0.717, 1.165) is 0 Å². The van der Waals surface area contributed by atoms with E-state index in [4.69, 9.17) is 0 Å². The number of alkyl halides is 2. The largest absolute Gasteiger partial charge is 1.00 e. The van der Waals surface area contributed by atoms with Crippen molar-refractivity contribution in [2.75, 3.05) is 0 Å². The van der Waals surface area contributed by atoms with Crippen molar-refractivity contribution in [3.8, 4) is 0 Å². The average molecular weight is 523 g/mol. The fourth-order valence-electron chi connectivity index (χ4n) is 3.83. The Bertz CT molecular complexity index is 1090. The number of benzene rings is 4. The van der Waals surface area contributed by atoms with Crippen LogP contribution in [0.25, 0.3) is 0 Å². The molecule has 0 nitrogen and oxygen atoms in total. The first-order valence-electron chi connectivity index (χ1n) is 9.48. The lowest BCUT2D eigenvalue weighted by Crippen LogP contribution is -3.00. The maximum Gasteiger partial charge on any atom is 0.396 e. The molecule has 0 atom stereocenters. The van der Waals surface area contributed by atoms with Gasteiger partial charge in [0.2, 0.25) is 0 Å². The van der Waals surface area contributed by atoms with Crippen molar-refractivity contribution in [2.24, 2.45) is 0 Å². The number of rotatable bonds is 5. The van der Waals surface area contributed by atoms with Crippen LogP contribution < -0.4 is 32.9 Å². The van der Waals surface area contributed by atoms with Crippen LogP contribution in [0.2, 0.25) is 0 Å². The van der Waals surface area contributed by atoms with E-state index in [1.807, 2.05) is 0 Å². The second-order valence-corrected chi connectivity index (χ2v) is 10.4. The molecule has 0 aliphatic heterocycles. The average Bonchev–Trinajstić information content (AvgIpc) is 2.80. The summed E-state index contributed by atoms with van der Waals surface area (Å²) in [5, 5.41) is 0.879. The smallest absolute Gasteiger partial charge is 0.396 e. The third kappa shape index (κ3) is 3.76. The van der Waals surface area contributed by atoms with Crippen molar-refractivity contribution in [1.82, 2.24) is 0 Å². The molecule has 4 aromatic carbocycles. The van der Waals surface area contributed by atoms with E-state index >= 15 is 8.78 Å². The molecule has 4 aromatic rings. The Kier molecular flexibility index (Phi) is 7.16. The summed E-state index contributed by atoms with van der Waals surface area (Å²) in [6.45, 7) is 0. The molecule has 0 fully saturated rings. The minimum absolute atomic E-state index is 0. The maximum absolute atomic E-state index is 16.6. The highest BCUT2D eigenvalue weighted by atomic mass is 79.9. The molecular weight excluding hydrogens is 506 g/mol. The molecule has 7 heteroatoms. The van der Waals surface area contributed by atoms with Gasteiger partial charge in [-0.05, 0) is 48.5 Å². The predicted octanol–water partition coefficient (Wildman–Crippen LogP) is 3.15. The fraction of sp³-hybridized carbons (Fsp3) is 0.0400. The number of halogens is 6. The molecule has 0 spiro atoms. The Balaban J connectivity index is 0.00000289. The number of hydrogen-bond acceptors (Lipinski definition) is 0. The molecule has 0 N–H and O–H groups in total. The second kappa shape index (κ2) is 9.51. The molecule has 0 saturated heterocycles. The van der Waals surface area contributed by atoms with Crippen LogP contribution in [0.3, 0.4) is 0 Å². The van der Waals surface area contributed by atoms with Crippen LogP contribution >= 0.6 is 7.26 Å². The molecule has 0 bridgehead atoms. The first-order valence-corrected chi connectivity index (χ1v) is 11.3. The summed E-state index contributed by atoms with van der Waals surface area (Å²) in [7, 11) is -3.90. The van der Waals surface area contributed by atoms with Crippen LogP contribution in [0.1, 0.15) is 5.56 Å². The molecule has 0 aliphatic rings. The van der Waals surface area contributed by atoms with Gasteiger partial charge in [-0.1, -0.05) is 54.6 Å². The van der Waals surface area contributed by atoms with Gasteiger partial charge in [-0.25, -0.2) is 13.2 Å². The molecule has 0 aromatic heterocycles. The Morgan fingerprint density at radius 2 is 0.875 bits per heavy atom. The summed E-state index contributed by atoms with van der Waals surface area (Å²) in [4.78, 5) is 0. The van der Waals surface area contributed by atoms with Crippen molar-refractivity contribution in [3.63, 3.8) is 0 Å². The first kappa shape index (κ1) is 24.1. The van der Waals surface area contributed by atoms with Gasteiger partial charge in [-0.3, -0.25) is 0 Å². The summed E-state index contributed by atoms with van der Waals surface area (Å²) < 4.78 is 75.6. The van der Waals surface area contributed by atoms with Gasteiger partial charge in [0.1, 0.15) is 21.5 Å². The quantitative estimate of drug-likeness (QED) is 0.214. The lowest BCUT2D eigenvalue weighted by Gasteiger charge is -2.34. The molecule has 0 aliphatic carbocycles. The van der Waals surface area contributed by atoms with Crippen LogP contribution in [0.4, 0.5) is 22.0 Å². The lowest BCUT2D eigenvalue weighted by atomic mass is 10.2. The van der Waals surface area contributed by atoms with Gasteiger partial charge in [-0.2, -0.15) is 8.78 Å². The van der Waals surface area contributed by atoms with E-state index in [2.05, 4.69) is 0 Å². The zero-order chi connectivity index (χ0) is 22.1. The van der Waals surface area contributed by atoms with E-state index in [1.165, 1.54) is 0 Å². The topological polar surface area (TPSA) is 0 Å². The fourth-order valence-corrected chi connectivity index (χ4v) is 8.09. The maximum atomic E-state index is 16.6. The normalized spacial score (nSPS) is 11.7. The van der Waals surface area contributed by atoms with Gasteiger partial charge in [0.25, 0.3) is 0 Å². The Hall–Kier alpha value is -2.56. The van der Waals surface area contributed by atoms with Gasteiger partial charge >= 0.3 is 5.66 Å². The van der Waals surface area contributed by atoms with Gasteiger partial charge in [0.05, 0.1) is 0 Å². The first-order chi connectivity index (χ1) is 14.9. The molecule has 32 heavy (non-hydrogen) atoms. The SMILES string of the molecule is Fc1ccc(C(F)(F)[P+](c2ccccc2)(c2ccccc2)c2ccccc2)c(F)c1F.[Br-]. The minimum Gasteiger partial charge on any atom is -1.00 e. The molecule has 0 radical (unpaired) electrons. The van der Waals surface area contributed by atoms with E-state index in [9.17, 15) is 13.2 Å². The van der Waals surface area contributed by atoms with Crippen molar-refractivity contribution in [1.29, 1.82) is 0 Å². The van der Waals surface area contributed by atoms with Crippen molar-refractivity contribution in [2.45, 2.75) is 5.66 Å². The predicted molar refractivity (Wildman–Crippen MR) is 115 cm³/mol. The van der Waals surface area contributed by atoms with Crippen molar-refractivity contribution >= 4 is 23.2 Å². The number of hydrogen-bond donors (Lipinski definition) is 0. The Morgan fingerprint density at radius 3 is 1.25 bits per heavy atom. The van der Waals surface area contributed by atoms with Crippen LogP contribution in [0.15, 0.2) is 103 Å². The van der Waals surface area contributed by atoms with E-state index < -0.39 is 35.9 Å². The van der Waals surface area contributed by atoms with Crippen molar-refractivity contribution in [3.05, 3.63) is 126 Å². The van der Waals surface area contributed by atoms with E-state index in [1.54, 1.807) is 91.0 Å². The van der Waals surface area contributed by atoms with Gasteiger partial charge < -0.3 is 17.0 Å². The molecule has 0 heterocycles. The molecule has 0 saturated carbocycles. The van der Waals surface area contributed by atoms with Gasteiger partial charge in [0.15, 0.2) is 24.7 Å². The monoisotopic (exact) mass is 522 g/mol. The third-order valence-electron chi connectivity index (χ3n) is 5.21. The third-order valence-corrected chi connectivity index (χ3v) is 9.51. The van der Waals surface area contributed by atoms with Gasteiger partial charge in [0, 0.05) is 0 Å². The van der Waals surface area contributed by atoms with Crippen LogP contribution in [0, 0.1) is 17.5 Å². The van der Waals surface area contributed by atoms with Crippen LogP contribution in [-0.4, -0.2) is 0 Å². The van der Waals surface area contributed by atoms with Crippen LogP contribution in [-0.2, 0) is 5.66 Å². The summed E-state index contributed by atoms with van der Waals surface area (Å²) in [5.41, 5.74) is -5.05.